The Bertz CT molecular complexity index is 474. The molecule has 0 radical (unpaired) electrons. The van der Waals surface area contributed by atoms with Gasteiger partial charge in [-0.15, -0.1) is 0 Å². The fourth-order valence-corrected chi connectivity index (χ4v) is 3.19. The van der Waals surface area contributed by atoms with Gasteiger partial charge in [0.1, 0.15) is 5.69 Å². The van der Waals surface area contributed by atoms with Gasteiger partial charge in [-0.05, 0) is 56.0 Å². The van der Waals surface area contributed by atoms with Crippen molar-refractivity contribution in [3.63, 3.8) is 0 Å². The summed E-state index contributed by atoms with van der Waals surface area (Å²) in [4.78, 5) is 17.3. The van der Waals surface area contributed by atoms with Crippen LogP contribution in [0.5, 0.6) is 0 Å². The lowest BCUT2D eigenvalue weighted by atomic mass is 10.1. The van der Waals surface area contributed by atoms with Gasteiger partial charge < -0.3 is 4.90 Å². The number of halogens is 1. The molecular weight excluding hydrogens is 320 g/mol. The van der Waals surface area contributed by atoms with Gasteiger partial charge in [0.05, 0.1) is 16.7 Å². The minimum Gasteiger partial charge on any atom is -0.304 e. The smallest absolute Gasteiger partial charge is 0.200 e. The van der Waals surface area contributed by atoms with Gasteiger partial charge in [-0.1, -0.05) is 6.92 Å². The predicted octanol–water partition coefficient (Wildman–Crippen LogP) is 1.87. The lowest BCUT2D eigenvalue weighted by Gasteiger charge is -2.26. The molecule has 1 aromatic heterocycles. The monoisotopic (exact) mass is 342 g/mol. The Morgan fingerprint density at radius 2 is 2.20 bits per heavy atom. The average Bonchev–Trinajstić information content (AvgIpc) is 2.67. The van der Waals surface area contributed by atoms with Gasteiger partial charge in [-0.3, -0.25) is 14.4 Å². The zero-order chi connectivity index (χ0) is 14.7. The van der Waals surface area contributed by atoms with Crippen molar-refractivity contribution in [1.29, 1.82) is 0 Å². The quantitative estimate of drug-likeness (QED) is 0.783. The predicted molar refractivity (Wildman–Crippen MR) is 83.1 cm³/mol. The van der Waals surface area contributed by atoms with E-state index >= 15 is 0 Å². The summed E-state index contributed by atoms with van der Waals surface area (Å²) in [6.07, 6.45) is 3.80. The average molecular weight is 343 g/mol. The summed E-state index contributed by atoms with van der Waals surface area (Å²) in [5.74, 6) is 0.166. The number of likely N-dealkylation sites (N-methyl/N-ethyl adjacent to an activating group) is 2. The van der Waals surface area contributed by atoms with Gasteiger partial charge in [0.25, 0.3) is 0 Å². The van der Waals surface area contributed by atoms with Crippen LogP contribution in [0.15, 0.2) is 10.7 Å². The summed E-state index contributed by atoms with van der Waals surface area (Å²) in [7, 11) is 4.12. The highest BCUT2D eigenvalue weighted by molar-refractivity contribution is 9.10. The van der Waals surface area contributed by atoms with E-state index in [9.17, 15) is 4.79 Å². The zero-order valence-corrected chi connectivity index (χ0v) is 14.1. The summed E-state index contributed by atoms with van der Waals surface area (Å²) in [6, 6.07) is -0.0916. The number of hydrogen-bond acceptors (Lipinski definition) is 4. The first-order chi connectivity index (χ1) is 9.54. The van der Waals surface area contributed by atoms with Crippen molar-refractivity contribution in [2.24, 2.45) is 0 Å². The number of carbonyl (C=O) groups is 1. The van der Waals surface area contributed by atoms with E-state index in [4.69, 9.17) is 0 Å². The van der Waals surface area contributed by atoms with Gasteiger partial charge in [-0.25, -0.2) is 0 Å². The molecule has 1 saturated heterocycles. The Hall–Kier alpha value is -0.720. The second-order valence-electron chi connectivity index (χ2n) is 5.54. The lowest BCUT2D eigenvalue weighted by molar-refractivity contribution is 0.0827. The fourth-order valence-electron chi connectivity index (χ4n) is 2.70. The standard InChI is InChI=1S/C14H23BrN4O/c1-4-6-19-13(11(15)9-16-19)14(20)12-10-17(2)7-5-8-18(12)3/h9,12H,4-8,10H2,1-3H3. The van der Waals surface area contributed by atoms with Crippen molar-refractivity contribution in [1.82, 2.24) is 19.6 Å². The van der Waals surface area contributed by atoms with E-state index in [1.165, 1.54) is 0 Å². The van der Waals surface area contributed by atoms with Crippen LogP contribution in [0, 0.1) is 0 Å². The Morgan fingerprint density at radius 3 is 2.90 bits per heavy atom. The van der Waals surface area contributed by atoms with E-state index in [1.54, 1.807) is 6.20 Å². The first kappa shape index (κ1) is 15.7. The molecule has 2 heterocycles. The van der Waals surface area contributed by atoms with Crippen LogP contribution in [0.4, 0.5) is 0 Å². The molecule has 1 aliphatic heterocycles. The van der Waals surface area contributed by atoms with Crippen LogP contribution in [0.3, 0.4) is 0 Å². The Labute approximate surface area is 129 Å². The molecule has 2 rings (SSSR count). The van der Waals surface area contributed by atoms with Crippen LogP contribution in [0.2, 0.25) is 0 Å². The topological polar surface area (TPSA) is 41.4 Å². The maximum absolute atomic E-state index is 12.9. The van der Waals surface area contributed by atoms with Crippen LogP contribution in [-0.2, 0) is 6.54 Å². The molecule has 1 aliphatic rings. The summed E-state index contributed by atoms with van der Waals surface area (Å²) in [5.41, 5.74) is 0.707. The molecule has 0 aliphatic carbocycles. The lowest BCUT2D eigenvalue weighted by Crippen LogP contribution is -2.44. The number of aryl methyl sites for hydroxylation is 1. The van der Waals surface area contributed by atoms with E-state index < -0.39 is 0 Å². The molecule has 0 amide bonds. The number of Topliss-reactive ketones (excluding diaryl/α,β-unsaturated/α-hetero) is 1. The van der Waals surface area contributed by atoms with E-state index in [-0.39, 0.29) is 11.8 Å². The van der Waals surface area contributed by atoms with Crippen LogP contribution >= 0.6 is 15.9 Å². The molecule has 0 aromatic carbocycles. The molecule has 20 heavy (non-hydrogen) atoms. The van der Waals surface area contributed by atoms with Crippen LogP contribution in [0.25, 0.3) is 0 Å². The maximum Gasteiger partial charge on any atom is 0.200 e. The highest BCUT2D eigenvalue weighted by Crippen LogP contribution is 2.21. The molecule has 112 valence electrons. The van der Waals surface area contributed by atoms with E-state index in [1.807, 2.05) is 11.7 Å². The van der Waals surface area contributed by atoms with Crippen LogP contribution in [0.1, 0.15) is 30.3 Å². The molecule has 1 atom stereocenters. The molecule has 0 N–H and O–H groups in total. The third-order valence-corrected chi connectivity index (χ3v) is 4.41. The zero-order valence-electron chi connectivity index (χ0n) is 12.5. The van der Waals surface area contributed by atoms with E-state index in [2.05, 4.69) is 44.8 Å². The van der Waals surface area contributed by atoms with Gasteiger partial charge in [0.2, 0.25) is 0 Å². The van der Waals surface area contributed by atoms with Gasteiger partial charge in [-0.2, -0.15) is 5.10 Å². The van der Waals surface area contributed by atoms with Gasteiger partial charge in [0.15, 0.2) is 5.78 Å². The first-order valence-corrected chi connectivity index (χ1v) is 7.98. The summed E-state index contributed by atoms with van der Waals surface area (Å²) < 4.78 is 2.63. The highest BCUT2D eigenvalue weighted by atomic mass is 79.9. The minimum absolute atomic E-state index is 0.0916. The van der Waals surface area contributed by atoms with Crippen molar-refractivity contribution in [2.45, 2.75) is 32.4 Å². The SMILES string of the molecule is CCCn1ncc(Br)c1C(=O)C1CN(C)CCCN1C. The van der Waals surface area contributed by atoms with Gasteiger partial charge >= 0.3 is 0 Å². The highest BCUT2D eigenvalue weighted by Gasteiger charge is 2.31. The number of ketones is 1. The van der Waals surface area contributed by atoms with Crippen molar-refractivity contribution < 1.29 is 4.79 Å². The Balaban J connectivity index is 2.27. The number of aromatic nitrogens is 2. The number of rotatable bonds is 4. The van der Waals surface area contributed by atoms with Crippen LogP contribution < -0.4 is 0 Å². The molecule has 0 spiro atoms. The van der Waals surface area contributed by atoms with Crippen molar-refractivity contribution in [2.75, 3.05) is 33.7 Å². The summed E-state index contributed by atoms with van der Waals surface area (Å²) in [5, 5.41) is 4.31. The molecule has 1 unspecified atom stereocenters. The van der Waals surface area contributed by atoms with Crippen molar-refractivity contribution in [3.05, 3.63) is 16.4 Å². The third kappa shape index (κ3) is 3.30. The van der Waals surface area contributed by atoms with Gasteiger partial charge in [0, 0.05) is 13.1 Å². The van der Waals surface area contributed by atoms with E-state index in [0.29, 0.717) is 5.69 Å². The second kappa shape index (κ2) is 6.83. The Kier molecular flexibility index (Phi) is 5.35. The molecule has 1 fully saturated rings. The number of carbonyl (C=O) groups excluding carboxylic acids is 1. The largest absolute Gasteiger partial charge is 0.304 e. The molecule has 0 saturated carbocycles. The first-order valence-electron chi connectivity index (χ1n) is 7.19. The third-order valence-electron chi connectivity index (χ3n) is 3.83. The molecular formula is C14H23BrN4O. The van der Waals surface area contributed by atoms with Crippen molar-refractivity contribution in [3.8, 4) is 0 Å². The minimum atomic E-state index is -0.0916. The summed E-state index contributed by atoms with van der Waals surface area (Å²) in [6.45, 7) is 5.65. The second-order valence-corrected chi connectivity index (χ2v) is 6.40. The summed E-state index contributed by atoms with van der Waals surface area (Å²) >= 11 is 3.47. The van der Waals surface area contributed by atoms with Crippen molar-refractivity contribution >= 4 is 21.7 Å². The maximum atomic E-state index is 12.9. The molecule has 0 bridgehead atoms. The molecule has 1 aromatic rings. The van der Waals surface area contributed by atoms with E-state index in [0.717, 1.165) is 43.5 Å². The fraction of sp³-hybridized carbons (Fsp3) is 0.714. The number of hydrogen-bond donors (Lipinski definition) is 0. The molecule has 5 nitrogen and oxygen atoms in total. The molecule has 6 heteroatoms. The normalized spacial score (nSPS) is 21.9. The Morgan fingerprint density at radius 1 is 1.45 bits per heavy atom. The number of nitrogens with zero attached hydrogens (tertiary/aromatic N) is 4. The van der Waals surface area contributed by atoms with Crippen LogP contribution in [-0.4, -0.2) is 65.1 Å².